The van der Waals surface area contributed by atoms with Crippen molar-refractivity contribution in [2.24, 2.45) is 0 Å². The molecule has 4 heteroatoms. The molecule has 0 aliphatic rings. The van der Waals surface area contributed by atoms with Crippen LogP contribution in [0.25, 0.3) is 0 Å². The number of nitrogens with zero attached hydrogens (tertiary/aromatic N) is 1. The van der Waals surface area contributed by atoms with Crippen molar-refractivity contribution in [3.8, 4) is 0 Å². The van der Waals surface area contributed by atoms with Crippen molar-refractivity contribution in [1.82, 2.24) is 4.90 Å². The van der Waals surface area contributed by atoms with Crippen molar-refractivity contribution in [1.29, 1.82) is 0 Å². The first-order valence-corrected chi connectivity index (χ1v) is 6.15. The van der Waals surface area contributed by atoms with Crippen LogP contribution in [0, 0.1) is 6.92 Å². The quantitative estimate of drug-likeness (QED) is 0.834. The lowest BCUT2D eigenvalue weighted by molar-refractivity contribution is 0.155. The van der Waals surface area contributed by atoms with Gasteiger partial charge < -0.3 is 10.2 Å². The normalized spacial score (nSPS) is 11.1. The third-order valence-corrected chi connectivity index (χ3v) is 3.02. The summed E-state index contributed by atoms with van der Waals surface area (Å²) >= 11 is 3.43. The summed E-state index contributed by atoms with van der Waals surface area (Å²) in [6.45, 7) is 4.26. The Balaban J connectivity index is 2.68. The standard InChI is InChI=1S/C12H18BrNO2/c1-10-8-12(13)3-2-11(10)9-14(4-6-15)5-7-16/h2-3,8,15-16H,4-7,9H2,1H3. The van der Waals surface area contributed by atoms with Crippen molar-refractivity contribution >= 4 is 15.9 Å². The minimum absolute atomic E-state index is 0.121. The molecular formula is C12H18BrNO2. The molecule has 0 saturated heterocycles. The summed E-state index contributed by atoms with van der Waals surface area (Å²) in [5.41, 5.74) is 2.44. The third-order valence-electron chi connectivity index (χ3n) is 2.53. The summed E-state index contributed by atoms with van der Waals surface area (Å²) in [4.78, 5) is 2.04. The smallest absolute Gasteiger partial charge is 0.0558 e. The van der Waals surface area contributed by atoms with Crippen LogP contribution in [0.5, 0.6) is 0 Å². The molecule has 0 aliphatic heterocycles. The number of halogens is 1. The summed E-state index contributed by atoms with van der Waals surface area (Å²) in [6, 6.07) is 6.16. The second-order valence-electron chi connectivity index (χ2n) is 3.79. The molecule has 0 heterocycles. The average molecular weight is 288 g/mol. The van der Waals surface area contributed by atoms with Gasteiger partial charge in [-0.25, -0.2) is 0 Å². The van der Waals surface area contributed by atoms with Gasteiger partial charge in [0.2, 0.25) is 0 Å². The number of benzene rings is 1. The van der Waals surface area contributed by atoms with Gasteiger partial charge in [0.25, 0.3) is 0 Å². The van der Waals surface area contributed by atoms with Crippen molar-refractivity contribution in [3.63, 3.8) is 0 Å². The molecule has 0 unspecified atom stereocenters. The Bertz CT molecular complexity index is 325. The number of hydrogen-bond acceptors (Lipinski definition) is 3. The molecule has 90 valence electrons. The molecule has 0 bridgehead atoms. The molecule has 0 radical (unpaired) electrons. The van der Waals surface area contributed by atoms with Gasteiger partial charge in [0, 0.05) is 24.1 Å². The molecule has 0 amide bonds. The highest BCUT2D eigenvalue weighted by molar-refractivity contribution is 9.10. The maximum Gasteiger partial charge on any atom is 0.0558 e. The van der Waals surface area contributed by atoms with Crippen LogP contribution in [0.2, 0.25) is 0 Å². The Kier molecular flexibility index (Phi) is 5.98. The van der Waals surface area contributed by atoms with Gasteiger partial charge in [-0.05, 0) is 30.2 Å². The molecule has 0 aromatic heterocycles. The van der Waals surface area contributed by atoms with Crippen LogP contribution in [-0.2, 0) is 6.54 Å². The van der Waals surface area contributed by atoms with E-state index in [1.165, 1.54) is 11.1 Å². The van der Waals surface area contributed by atoms with E-state index < -0.39 is 0 Å². The number of aliphatic hydroxyl groups is 2. The van der Waals surface area contributed by atoms with Gasteiger partial charge in [-0.2, -0.15) is 0 Å². The first-order valence-electron chi connectivity index (χ1n) is 5.36. The highest BCUT2D eigenvalue weighted by atomic mass is 79.9. The fraction of sp³-hybridized carbons (Fsp3) is 0.500. The predicted molar refractivity (Wildman–Crippen MR) is 68.3 cm³/mol. The second-order valence-corrected chi connectivity index (χ2v) is 4.71. The van der Waals surface area contributed by atoms with Crippen LogP contribution in [0.15, 0.2) is 22.7 Å². The second kappa shape index (κ2) is 7.01. The largest absolute Gasteiger partial charge is 0.395 e. The molecule has 1 rings (SSSR count). The summed E-state index contributed by atoms with van der Waals surface area (Å²) in [7, 11) is 0. The first-order chi connectivity index (χ1) is 7.67. The van der Waals surface area contributed by atoms with E-state index in [1.54, 1.807) is 0 Å². The summed E-state index contributed by atoms with van der Waals surface area (Å²) in [5.74, 6) is 0. The topological polar surface area (TPSA) is 43.7 Å². The zero-order valence-corrected chi connectivity index (χ0v) is 11.1. The maximum atomic E-state index is 8.92. The summed E-state index contributed by atoms with van der Waals surface area (Å²) in [5, 5.41) is 17.8. The molecular weight excluding hydrogens is 270 g/mol. The molecule has 0 spiro atoms. The molecule has 0 saturated carbocycles. The van der Waals surface area contributed by atoms with E-state index >= 15 is 0 Å². The minimum Gasteiger partial charge on any atom is -0.395 e. The van der Waals surface area contributed by atoms with Crippen LogP contribution in [-0.4, -0.2) is 41.4 Å². The van der Waals surface area contributed by atoms with Gasteiger partial charge in [0.1, 0.15) is 0 Å². The van der Waals surface area contributed by atoms with Crippen LogP contribution in [0.4, 0.5) is 0 Å². The highest BCUT2D eigenvalue weighted by Crippen LogP contribution is 2.17. The van der Waals surface area contributed by atoms with Crippen LogP contribution >= 0.6 is 15.9 Å². The Morgan fingerprint density at radius 2 is 1.81 bits per heavy atom. The zero-order chi connectivity index (χ0) is 12.0. The zero-order valence-electron chi connectivity index (χ0n) is 9.49. The van der Waals surface area contributed by atoms with Gasteiger partial charge in [-0.1, -0.05) is 22.0 Å². The SMILES string of the molecule is Cc1cc(Br)ccc1CN(CCO)CCO. The van der Waals surface area contributed by atoms with Gasteiger partial charge in [-0.3, -0.25) is 4.90 Å². The van der Waals surface area contributed by atoms with Crippen LogP contribution in [0.1, 0.15) is 11.1 Å². The summed E-state index contributed by atoms with van der Waals surface area (Å²) < 4.78 is 1.07. The molecule has 1 aromatic rings. The van der Waals surface area contributed by atoms with Gasteiger partial charge in [0.15, 0.2) is 0 Å². The Labute approximate surface area is 105 Å². The van der Waals surface area contributed by atoms with E-state index in [1.807, 2.05) is 11.0 Å². The highest BCUT2D eigenvalue weighted by Gasteiger charge is 2.06. The number of hydrogen-bond donors (Lipinski definition) is 2. The van der Waals surface area contributed by atoms with Crippen LogP contribution < -0.4 is 0 Å². The van der Waals surface area contributed by atoms with Crippen molar-refractivity contribution in [2.45, 2.75) is 13.5 Å². The molecule has 3 nitrogen and oxygen atoms in total. The van der Waals surface area contributed by atoms with Gasteiger partial charge in [-0.15, -0.1) is 0 Å². The minimum atomic E-state index is 0.121. The first kappa shape index (κ1) is 13.6. The van der Waals surface area contributed by atoms with E-state index in [-0.39, 0.29) is 13.2 Å². The van der Waals surface area contributed by atoms with Crippen molar-refractivity contribution < 1.29 is 10.2 Å². The lowest BCUT2D eigenvalue weighted by Crippen LogP contribution is -2.29. The van der Waals surface area contributed by atoms with E-state index in [2.05, 4.69) is 35.0 Å². The predicted octanol–water partition coefficient (Wildman–Crippen LogP) is 1.54. The monoisotopic (exact) mass is 287 g/mol. The van der Waals surface area contributed by atoms with E-state index in [0.29, 0.717) is 13.1 Å². The fourth-order valence-electron chi connectivity index (χ4n) is 1.63. The van der Waals surface area contributed by atoms with Gasteiger partial charge >= 0.3 is 0 Å². The molecule has 16 heavy (non-hydrogen) atoms. The fourth-order valence-corrected chi connectivity index (χ4v) is 2.11. The van der Waals surface area contributed by atoms with Crippen molar-refractivity contribution in [3.05, 3.63) is 33.8 Å². The molecule has 0 aliphatic carbocycles. The molecule has 1 aromatic carbocycles. The number of rotatable bonds is 6. The third kappa shape index (κ3) is 4.22. The average Bonchev–Trinajstić information content (AvgIpc) is 2.23. The maximum absolute atomic E-state index is 8.92. The number of aryl methyl sites for hydroxylation is 1. The van der Waals surface area contributed by atoms with E-state index in [9.17, 15) is 0 Å². The van der Waals surface area contributed by atoms with Gasteiger partial charge in [0.05, 0.1) is 13.2 Å². The van der Waals surface area contributed by atoms with Crippen LogP contribution in [0.3, 0.4) is 0 Å². The van der Waals surface area contributed by atoms with Crippen molar-refractivity contribution in [2.75, 3.05) is 26.3 Å². The van der Waals surface area contributed by atoms with E-state index in [4.69, 9.17) is 10.2 Å². The Morgan fingerprint density at radius 1 is 1.19 bits per heavy atom. The Hall–Kier alpha value is -0.420. The summed E-state index contributed by atoms with van der Waals surface area (Å²) in [6.07, 6.45) is 0. The molecule has 2 N–H and O–H groups in total. The molecule has 0 fully saturated rings. The van der Waals surface area contributed by atoms with E-state index in [0.717, 1.165) is 11.0 Å². The lowest BCUT2D eigenvalue weighted by atomic mass is 10.1. The number of aliphatic hydroxyl groups excluding tert-OH is 2. The Morgan fingerprint density at radius 3 is 2.31 bits per heavy atom. The lowest BCUT2D eigenvalue weighted by Gasteiger charge is -2.21. The molecule has 0 atom stereocenters.